The molecule has 1 aliphatic rings. The van der Waals surface area contributed by atoms with Gasteiger partial charge in [0.15, 0.2) is 0 Å². The SMILES string of the molecule is CC1CCc2c(ccc(F)c2Br)N1. The summed E-state index contributed by atoms with van der Waals surface area (Å²) in [5.74, 6) is -0.171. The van der Waals surface area contributed by atoms with E-state index >= 15 is 0 Å². The molecule has 1 N–H and O–H groups in total. The molecule has 1 atom stereocenters. The summed E-state index contributed by atoms with van der Waals surface area (Å²) in [5.41, 5.74) is 2.13. The molecule has 1 aromatic rings. The van der Waals surface area contributed by atoms with Crippen molar-refractivity contribution in [3.63, 3.8) is 0 Å². The third-order valence-electron chi connectivity index (χ3n) is 2.43. The number of rotatable bonds is 0. The van der Waals surface area contributed by atoms with Gasteiger partial charge in [-0.1, -0.05) is 0 Å². The molecule has 0 bridgehead atoms. The first-order valence-corrected chi connectivity index (χ1v) is 5.21. The maximum absolute atomic E-state index is 13.1. The Bertz CT molecular complexity index is 338. The highest BCUT2D eigenvalue weighted by Gasteiger charge is 2.17. The minimum absolute atomic E-state index is 0.171. The van der Waals surface area contributed by atoms with Crippen LogP contribution in [0.2, 0.25) is 0 Å². The molecule has 0 spiro atoms. The zero-order valence-corrected chi connectivity index (χ0v) is 8.99. The van der Waals surface area contributed by atoms with E-state index in [0.717, 1.165) is 24.1 Å². The molecule has 1 nitrogen and oxygen atoms in total. The highest BCUT2D eigenvalue weighted by molar-refractivity contribution is 9.10. The Morgan fingerprint density at radius 2 is 2.31 bits per heavy atom. The minimum Gasteiger partial charge on any atom is -0.382 e. The van der Waals surface area contributed by atoms with Crippen molar-refractivity contribution in [3.05, 3.63) is 28.0 Å². The van der Waals surface area contributed by atoms with Crippen LogP contribution in [0.3, 0.4) is 0 Å². The Morgan fingerprint density at radius 3 is 3.08 bits per heavy atom. The van der Waals surface area contributed by atoms with Crippen molar-refractivity contribution in [2.75, 3.05) is 5.32 Å². The number of hydrogen-bond donors (Lipinski definition) is 1. The molecule has 70 valence electrons. The van der Waals surface area contributed by atoms with Crippen molar-refractivity contribution < 1.29 is 4.39 Å². The fraction of sp³-hybridized carbons (Fsp3) is 0.400. The lowest BCUT2D eigenvalue weighted by Crippen LogP contribution is -2.22. The summed E-state index contributed by atoms with van der Waals surface area (Å²) in [4.78, 5) is 0. The molecule has 0 aliphatic carbocycles. The summed E-state index contributed by atoms with van der Waals surface area (Å²) >= 11 is 3.27. The number of anilines is 1. The minimum atomic E-state index is -0.171. The van der Waals surface area contributed by atoms with Crippen molar-refractivity contribution in [1.29, 1.82) is 0 Å². The number of hydrogen-bond acceptors (Lipinski definition) is 1. The van der Waals surface area contributed by atoms with Crippen molar-refractivity contribution in [1.82, 2.24) is 0 Å². The summed E-state index contributed by atoms with van der Waals surface area (Å²) < 4.78 is 13.7. The number of halogens is 2. The molecule has 0 saturated heterocycles. The second-order valence-electron chi connectivity index (χ2n) is 3.47. The van der Waals surface area contributed by atoms with Crippen molar-refractivity contribution in [2.45, 2.75) is 25.8 Å². The van der Waals surface area contributed by atoms with Gasteiger partial charge >= 0.3 is 0 Å². The molecular formula is C10H11BrFN. The summed E-state index contributed by atoms with van der Waals surface area (Å²) in [5, 5.41) is 3.33. The van der Waals surface area contributed by atoms with E-state index in [1.54, 1.807) is 0 Å². The van der Waals surface area contributed by atoms with Gasteiger partial charge in [-0.05, 0) is 53.4 Å². The van der Waals surface area contributed by atoms with Gasteiger partial charge in [-0.3, -0.25) is 0 Å². The number of benzene rings is 1. The van der Waals surface area contributed by atoms with Crippen LogP contribution in [0.15, 0.2) is 16.6 Å². The van der Waals surface area contributed by atoms with E-state index in [-0.39, 0.29) is 5.82 Å². The lowest BCUT2D eigenvalue weighted by atomic mass is 9.99. The van der Waals surface area contributed by atoms with E-state index in [1.165, 1.54) is 6.07 Å². The summed E-state index contributed by atoms with van der Waals surface area (Å²) in [6, 6.07) is 3.80. The van der Waals surface area contributed by atoms with Crippen LogP contribution in [0.5, 0.6) is 0 Å². The van der Waals surface area contributed by atoms with Crippen LogP contribution in [0.1, 0.15) is 18.9 Å². The maximum atomic E-state index is 13.1. The smallest absolute Gasteiger partial charge is 0.137 e. The third kappa shape index (κ3) is 1.57. The van der Waals surface area contributed by atoms with Crippen molar-refractivity contribution in [2.24, 2.45) is 0 Å². The second-order valence-corrected chi connectivity index (χ2v) is 4.26. The van der Waals surface area contributed by atoms with E-state index in [0.29, 0.717) is 10.5 Å². The molecule has 3 heteroatoms. The van der Waals surface area contributed by atoms with Crippen LogP contribution in [0.25, 0.3) is 0 Å². The van der Waals surface area contributed by atoms with Crippen LogP contribution in [-0.2, 0) is 6.42 Å². The second kappa shape index (κ2) is 3.29. The zero-order valence-electron chi connectivity index (χ0n) is 7.40. The fourth-order valence-electron chi connectivity index (χ4n) is 1.67. The molecule has 2 rings (SSSR count). The fourth-order valence-corrected chi connectivity index (χ4v) is 2.21. The molecule has 1 unspecified atom stereocenters. The molecule has 0 saturated carbocycles. The Hall–Kier alpha value is -0.570. The van der Waals surface area contributed by atoms with Crippen LogP contribution in [0, 0.1) is 5.82 Å². The molecule has 0 aromatic heterocycles. The Kier molecular flexibility index (Phi) is 2.28. The first kappa shape index (κ1) is 9.00. The predicted octanol–water partition coefficient (Wildman–Crippen LogP) is 3.33. The van der Waals surface area contributed by atoms with Gasteiger partial charge in [0, 0.05) is 11.7 Å². The summed E-state index contributed by atoms with van der Waals surface area (Å²) in [6.45, 7) is 2.14. The van der Waals surface area contributed by atoms with E-state index in [2.05, 4.69) is 28.2 Å². The largest absolute Gasteiger partial charge is 0.382 e. The Labute approximate surface area is 85.5 Å². The van der Waals surface area contributed by atoms with Crippen LogP contribution in [-0.4, -0.2) is 6.04 Å². The lowest BCUT2D eigenvalue weighted by molar-refractivity contribution is 0.610. The molecule has 1 aromatic carbocycles. The highest BCUT2D eigenvalue weighted by Crippen LogP contribution is 2.32. The van der Waals surface area contributed by atoms with Gasteiger partial charge in [0.05, 0.1) is 4.47 Å². The monoisotopic (exact) mass is 243 g/mol. The van der Waals surface area contributed by atoms with Gasteiger partial charge < -0.3 is 5.32 Å². The molecular weight excluding hydrogens is 233 g/mol. The molecule has 0 amide bonds. The standard InChI is InChI=1S/C10H11BrFN/c1-6-2-3-7-9(13-6)5-4-8(12)10(7)11/h4-6,13H,2-3H2,1H3. The van der Waals surface area contributed by atoms with Crippen molar-refractivity contribution >= 4 is 21.6 Å². The van der Waals surface area contributed by atoms with Crippen molar-refractivity contribution in [3.8, 4) is 0 Å². The third-order valence-corrected chi connectivity index (χ3v) is 3.28. The summed E-state index contributed by atoms with van der Waals surface area (Å²) in [6.07, 6.45) is 2.01. The normalized spacial score (nSPS) is 20.7. The first-order chi connectivity index (χ1) is 6.18. The van der Waals surface area contributed by atoms with Crippen LogP contribution in [0.4, 0.5) is 10.1 Å². The average molecular weight is 244 g/mol. The van der Waals surface area contributed by atoms with Gasteiger partial charge in [0.25, 0.3) is 0 Å². The first-order valence-electron chi connectivity index (χ1n) is 4.42. The van der Waals surface area contributed by atoms with Gasteiger partial charge in [-0.25, -0.2) is 4.39 Å². The zero-order chi connectivity index (χ0) is 9.42. The lowest BCUT2D eigenvalue weighted by Gasteiger charge is -2.25. The highest BCUT2D eigenvalue weighted by atomic mass is 79.9. The molecule has 1 aliphatic heterocycles. The number of fused-ring (bicyclic) bond motifs is 1. The van der Waals surface area contributed by atoms with Crippen LogP contribution < -0.4 is 5.32 Å². The quantitative estimate of drug-likeness (QED) is 0.738. The topological polar surface area (TPSA) is 12.0 Å². The predicted molar refractivity (Wildman–Crippen MR) is 55.5 cm³/mol. The van der Waals surface area contributed by atoms with Gasteiger partial charge in [-0.2, -0.15) is 0 Å². The van der Waals surface area contributed by atoms with E-state index < -0.39 is 0 Å². The van der Waals surface area contributed by atoms with Gasteiger partial charge in [0.1, 0.15) is 5.82 Å². The molecule has 0 fully saturated rings. The maximum Gasteiger partial charge on any atom is 0.137 e. The number of nitrogens with one attached hydrogen (secondary N) is 1. The van der Waals surface area contributed by atoms with E-state index in [9.17, 15) is 4.39 Å². The Balaban J connectivity index is 2.47. The average Bonchev–Trinajstić information content (AvgIpc) is 2.12. The van der Waals surface area contributed by atoms with Gasteiger partial charge in [0.2, 0.25) is 0 Å². The van der Waals surface area contributed by atoms with Crippen LogP contribution >= 0.6 is 15.9 Å². The Morgan fingerprint density at radius 1 is 1.54 bits per heavy atom. The van der Waals surface area contributed by atoms with E-state index in [4.69, 9.17) is 0 Å². The molecule has 0 radical (unpaired) electrons. The van der Waals surface area contributed by atoms with E-state index in [1.807, 2.05) is 6.07 Å². The van der Waals surface area contributed by atoms with Gasteiger partial charge in [-0.15, -0.1) is 0 Å². The molecule has 1 heterocycles. The summed E-state index contributed by atoms with van der Waals surface area (Å²) in [7, 11) is 0. The molecule has 13 heavy (non-hydrogen) atoms.